The Balaban J connectivity index is 2.41. The molecule has 1 aromatic carbocycles. The van der Waals surface area contributed by atoms with Gasteiger partial charge in [0.15, 0.2) is 18.1 Å². The highest BCUT2D eigenvalue weighted by molar-refractivity contribution is 5.77. The van der Waals surface area contributed by atoms with E-state index in [1.54, 1.807) is 24.3 Å². The summed E-state index contributed by atoms with van der Waals surface area (Å²) in [7, 11) is 0. The minimum atomic E-state index is -0.403. The van der Waals surface area contributed by atoms with E-state index in [-0.39, 0.29) is 24.7 Å². The summed E-state index contributed by atoms with van der Waals surface area (Å²) in [6, 6.07) is 8.11. The number of para-hydroxylation sites is 2. The normalized spacial score (nSPS) is 9.00. The monoisotopic (exact) mass is 206 g/mol. The molecule has 15 heavy (non-hydrogen) atoms. The molecule has 1 aromatic rings. The first-order valence-electron chi connectivity index (χ1n) is 4.28. The Labute approximate surface area is 86.9 Å². The van der Waals surface area contributed by atoms with Crippen LogP contribution in [0.4, 0.5) is 0 Å². The molecule has 0 aliphatic rings. The maximum Gasteiger partial charge on any atom is 0.258 e. The van der Waals surface area contributed by atoms with Crippen molar-refractivity contribution in [1.82, 2.24) is 5.32 Å². The molecule has 5 nitrogen and oxygen atoms in total. The molecule has 0 radical (unpaired) electrons. The highest BCUT2D eigenvalue weighted by Crippen LogP contribution is 2.23. The number of aromatic hydroxyl groups is 1. The van der Waals surface area contributed by atoms with E-state index in [4.69, 9.17) is 10.00 Å². The third kappa shape index (κ3) is 3.56. The first kappa shape index (κ1) is 10.9. The van der Waals surface area contributed by atoms with Crippen LogP contribution in [0.2, 0.25) is 0 Å². The highest BCUT2D eigenvalue weighted by Gasteiger charge is 2.04. The topological polar surface area (TPSA) is 82.4 Å². The fourth-order valence-corrected chi connectivity index (χ4v) is 0.912. The average Bonchev–Trinajstić information content (AvgIpc) is 2.25. The van der Waals surface area contributed by atoms with Gasteiger partial charge in [-0.1, -0.05) is 12.1 Å². The van der Waals surface area contributed by atoms with Crippen molar-refractivity contribution in [3.63, 3.8) is 0 Å². The second-order valence-corrected chi connectivity index (χ2v) is 2.69. The summed E-state index contributed by atoms with van der Waals surface area (Å²) in [6.45, 7) is -0.276. The van der Waals surface area contributed by atoms with Crippen molar-refractivity contribution in [3.8, 4) is 17.6 Å². The Morgan fingerprint density at radius 1 is 1.53 bits per heavy atom. The van der Waals surface area contributed by atoms with Crippen LogP contribution in [-0.2, 0) is 4.79 Å². The molecule has 0 aliphatic carbocycles. The standard InChI is InChI=1S/C10H10N2O3/c11-5-6-12-10(14)7-15-9-4-2-1-3-8(9)13/h1-4,13H,6-7H2,(H,12,14). The molecule has 78 valence electrons. The minimum absolute atomic E-state index is 0.0226. The summed E-state index contributed by atoms with van der Waals surface area (Å²) in [6.07, 6.45) is 0. The van der Waals surface area contributed by atoms with Crippen LogP contribution in [-0.4, -0.2) is 24.2 Å². The molecule has 0 aromatic heterocycles. The number of rotatable bonds is 4. The minimum Gasteiger partial charge on any atom is -0.504 e. The van der Waals surface area contributed by atoms with Gasteiger partial charge in [-0.2, -0.15) is 5.26 Å². The number of ether oxygens (including phenoxy) is 1. The SMILES string of the molecule is N#CCNC(=O)COc1ccccc1O. The number of nitrogens with one attached hydrogen (secondary N) is 1. The van der Waals surface area contributed by atoms with Crippen LogP contribution in [0.3, 0.4) is 0 Å². The quantitative estimate of drug-likeness (QED) is 0.699. The maximum atomic E-state index is 11.0. The van der Waals surface area contributed by atoms with Gasteiger partial charge >= 0.3 is 0 Å². The van der Waals surface area contributed by atoms with E-state index in [0.717, 1.165) is 0 Å². The van der Waals surface area contributed by atoms with E-state index in [1.807, 2.05) is 0 Å². The molecule has 0 saturated carbocycles. The van der Waals surface area contributed by atoms with Gasteiger partial charge in [-0.25, -0.2) is 0 Å². The molecule has 0 fully saturated rings. The largest absolute Gasteiger partial charge is 0.504 e. The van der Waals surface area contributed by atoms with E-state index in [1.165, 1.54) is 6.07 Å². The summed E-state index contributed by atoms with van der Waals surface area (Å²) >= 11 is 0. The van der Waals surface area contributed by atoms with Crippen molar-refractivity contribution >= 4 is 5.91 Å². The van der Waals surface area contributed by atoms with Crippen LogP contribution in [0.5, 0.6) is 11.5 Å². The first-order chi connectivity index (χ1) is 7.24. The molecule has 1 rings (SSSR count). The third-order valence-corrected chi connectivity index (χ3v) is 1.59. The van der Waals surface area contributed by atoms with E-state index in [9.17, 15) is 9.90 Å². The number of hydrogen-bond donors (Lipinski definition) is 2. The summed E-state index contributed by atoms with van der Waals surface area (Å²) in [4.78, 5) is 11.0. The molecule has 0 spiro atoms. The summed E-state index contributed by atoms with van der Waals surface area (Å²) in [5.41, 5.74) is 0. The predicted molar refractivity (Wildman–Crippen MR) is 52.2 cm³/mol. The first-order valence-corrected chi connectivity index (χ1v) is 4.28. The Morgan fingerprint density at radius 2 is 2.27 bits per heavy atom. The predicted octanol–water partition coefficient (Wildman–Crippen LogP) is 0.411. The van der Waals surface area contributed by atoms with Crippen LogP contribution in [0, 0.1) is 11.3 Å². The summed E-state index contributed by atoms with van der Waals surface area (Å²) < 4.78 is 5.02. The molecular weight excluding hydrogens is 196 g/mol. The lowest BCUT2D eigenvalue weighted by molar-refractivity contribution is -0.122. The maximum absolute atomic E-state index is 11.0. The van der Waals surface area contributed by atoms with Crippen LogP contribution in [0.1, 0.15) is 0 Å². The van der Waals surface area contributed by atoms with Crippen LogP contribution in [0.25, 0.3) is 0 Å². The van der Waals surface area contributed by atoms with Crippen molar-refractivity contribution in [2.75, 3.05) is 13.2 Å². The lowest BCUT2D eigenvalue weighted by atomic mass is 10.3. The molecule has 0 unspecified atom stereocenters. The highest BCUT2D eigenvalue weighted by atomic mass is 16.5. The van der Waals surface area contributed by atoms with Gasteiger partial charge in [0, 0.05) is 0 Å². The van der Waals surface area contributed by atoms with Gasteiger partial charge in [0.25, 0.3) is 5.91 Å². The van der Waals surface area contributed by atoms with E-state index < -0.39 is 5.91 Å². The van der Waals surface area contributed by atoms with Crippen molar-refractivity contribution in [3.05, 3.63) is 24.3 Å². The van der Waals surface area contributed by atoms with Crippen LogP contribution >= 0.6 is 0 Å². The number of amides is 1. The van der Waals surface area contributed by atoms with Crippen molar-refractivity contribution in [2.45, 2.75) is 0 Å². The molecule has 2 N–H and O–H groups in total. The number of carbonyl (C=O) groups is 1. The fraction of sp³-hybridized carbons (Fsp3) is 0.200. The molecule has 0 bridgehead atoms. The van der Waals surface area contributed by atoms with Gasteiger partial charge in [0.1, 0.15) is 6.54 Å². The lowest BCUT2D eigenvalue weighted by Gasteiger charge is -2.06. The number of phenols is 1. The molecule has 0 atom stereocenters. The Kier molecular flexibility index (Phi) is 3.98. The molecule has 0 heterocycles. The molecule has 1 amide bonds. The molecule has 5 heteroatoms. The van der Waals surface area contributed by atoms with Crippen molar-refractivity contribution in [1.29, 1.82) is 5.26 Å². The van der Waals surface area contributed by atoms with Crippen molar-refractivity contribution in [2.24, 2.45) is 0 Å². The number of benzene rings is 1. The Hall–Kier alpha value is -2.22. The average molecular weight is 206 g/mol. The van der Waals surface area contributed by atoms with Gasteiger partial charge in [0.05, 0.1) is 6.07 Å². The van der Waals surface area contributed by atoms with Gasteiger partial charge < -0.3 is 15.2 Å². The number of nitrogens with zero attached hydrogens (tertiary/aromatic N) is 1. The zero-order valence-electron chi connectivity index (χ0n) is 7.93. The van der Waals surface area contributed by atoms with Crippen LogP contribution < -0.4 is 10.1 Å². The number of phenolic OH excluding ortho intramolecular Hbond substituents is 1. The van der Waals surface area contributed by atoms with E-state index in [0.29, 0.717) is 0 Å². The zero-order valence-corrected chi connectivity index (χ0v) is 7.93. The lowest BCUT2D eigenvalue weighted by Crippen LogP contribution is -2.29. The van der Waals surface area contributed by atoms with Gasteiger partial charge in [-0.3, -0.25) is 4.79 Å². The number of carbonyl (C=O) groups excluding carboxylic acids is 1. The number of nitriles is 1. The second-order valence-electron chi connectivity index (χ2n) is 2.69. The Bertz CT molecular complexity index is 384. The van der Waals surface area contributed by atoms with Gasteiger partial charge in [-0.05, 0) is 12.1 Å². The third-order valence-electron chi connectivity index (χ3n) is 1.59. The zero-order chi connectivity index (χ0) is 11.1. The smallest absolute Gasteiger partial charge is 0.258 e. The fourth-order valence-electron chi connectivity index (χ4n) is 0.912. The van der Waals surface area contributed by atoms with Gasteiger partial charge in [0.2, 0.25) is 0 Å². The Morgan fingerprint density at radius 3 is 2.93 bits per heavy atom. The van der Waals surface area contributed by atoms with E-state index >= 15 is 0 Å². The molecule has 0 saturated heterocycles. The van der Waals surface area contributed by atoms with Crippen molar-refractivity contribution < 1.29 is 14.6 Å². The second kappa shape index (κ2) is 5.50. The summed E-state index contributed by atoms with van der Waals surface area (Å²) in [5, 5.41) is 19.8. The molecule has 0 aliphatic heterocycles. The number of hydrogen-bond acceptors (Lipinski definition) is 4. The van der Waals surface area contributed by atoms with Crippen LogP contribution in [0.15, 0.2) is 24.3 Å². The van der Waals surface area contributed by atoms with Gasteiger partial charge in [-0.15, -0.1) is 0 Å². The summed E-state index contributed by atoms with van der Waals surface area (Å²) in [5.74, 6) is -0.185. The van der Waals surface area contributed by atoms with E-state index in [2.05, 4.69) is 5.32 Å². The molecular formula is C10H10N2O3.